The molecule has 7 heteroatoms. The quantitative estimate of drug-likeness (QED) is 0.401. The van der Waals surface area contributed by atoms with Crippen molar-refractivity contribution in [2.45, 2.75) is 12.4 Å². The molecule has 0 heterocycles. The Labute approximate surface area is 133 Å². The Balaban J connectivity index is 2.10. The molecule has 0 N–H and O–H groups in total. The number of ketones is 1. The molecule has 0 bridgehead atoms. The number of hydrogen-bond donors (Lipinski definition) is 0. The molecule has 0 aliphatic carbocycles. The molecule has 0 unspecified atom stereocenters. The first-order chi connectivity index (χ1) is 11.1. The number of carbonyl (C=O) groups excluding carboxylic acids is 1. The van der Waals surface area contributed by atoms with Crippen molar-refractivity contribution < 1.29 is 31.1 Å². The molecule has 2 rings (SSSR count). The molecule has 0 aromatic heterocycles. The first-order valence-corrected chi connectivity index (χ1v) is 6.64. The van der Waals surface area contributed by atoms with E-state index < -0.39 is 29.3 Å². The van der Waals surface area contributed by atoms with E-state index in [1.54, 1.807) is 0 Å². The molecule has 2 aromatic carbocycles. The van der Waals surface area contributed by atoms with E-state index in [1.165, 1.54) is 18.2 Å². The molecule has 0 saturated carbocycles. The second-order valence-corrected chi connectivity index (χ2v) is 4.89. The highest BCUT2D eigenvalue weighted by Crippen LogP contribution is 2.30. The number of rotatable bonds is 3. The van der Waals surface area contributed by atoms with Crippen LogP contribution >= 0.6 is 0 Å². The average molecular weight is 344 g/mol. The molecule has 0 aliphatic rings. The number of halogens is 6. The van der Waals surface area contributed by atoms with Crippen LogP contribution in [0.5, 0.6) is 0 Å². The van der Waals surface area contributed by atoms with Crippen molar-refractivity contribution in [3.05, 3.63) is 76.9 Å². The van der Waals surface area contributed by atoms with Crippen LogP contribution in [-0.4, -0.2) is 5.78 Å². The normalized spacial score (nSPS) is 12.6. The lowest BCUT2D eigenvalue weighted by atomic mass is 10.1. The standard InChI is InChI=1S/C17H10F6O/c18-16(19,20)13-6-1-11(2-7-13)3-10-15(24)12-4-8-14(9-5-12)17(21,22)23/h1-10H. The molecule has 0 radical (unpaired) electrons. The Hall–Kier alpha value is -2.57. The minimum atomic E-state index is -4.49. The van der Waals surface area contributed by atoms with Crippen LogP contribution in [0.25, 0.3) is 6.08 Å². The Morgan fingerprint density at radius 1 is 0.708 bits per heavy atom. The maximum absolute atomic E-state index is 12.4. The molecule has 126 valence electrons. The van der Waals surface area contributed by atoms with Crippen molar-refractivity contribution in [2.75, 3.05) is 0 Å². The maximum Gasteiger partial charge on any atom is 0.416 e. The van der Waals surface area contributed by atoms with Crippen LogP contribution in [0.15, 0.2) is 54.6 Å². The van der Waals surface area contributed by atoms with Crippen LogP contribution in [0.4, 0.5) is 26.3 Å². The summed E-state index contributed by atoms with van der Waals surface area (Å²) in [6, 6.07) is 7.81. The lowest BCUT2D eigenvalue weighted by Crippen LogP contribution is -2.05. The van der Waals surface area contributed by atoms with Crippen LogP contribution < -0.4 is 0 Å². The molecule has 24 heavy (non-hydrogen) atoms. The van der Waals surface area contributed by atoms with Crippen LogP contribution in [0, 0.1) is 0 Å². The Kier molecular flexibility index (Phi) is 4.82. The fourth-order valence-corrected chi connectivity index (χ4v) is 1.87. The molecule has 1 nitrogen and oxygen atoms in total. The zero-order valence-electron chi connectivity index (χ0n) is 11.9. The largest absolute Gasteiger partial charge is 0.416 e. The van der Waals surface area contributed by atoms with E-state index >= 15 is 0 Å². The molecule has 0 fully saturated rings. The van der Waals surface area contributed by atoms with Crippen molar-refractivity contribution in [3.63, 3.8) is 0 Å². The van der Waals surface area contributed by atoms with Gasteiger partial charge in [-0.25, -0.2) is 0 Å². The van der Waals surface area contributed by atoms with Crippen LogP contribution in [0.2, 0.25) is 0 Å². The van der Waals surface area contributed by atoms with Gasteiger partial charge in [-0.05, 0) is 35.9 Å². The van der Waals surface area contributed by atoms with Crippen LogP contribution in [0.3, 0.4) is 0 Å². The number of alkyl halides is 6. The van der Waals surface area contributed by atoms with E-state index in [9.17, 15) is 31.1 Å². The molecule has 0 amide bonds. The summed E-state index contributed by atoms with van der Waals surface area (Å²) in [7, 11) is 0. The fraction of sp³-hybridized carbons (Fsp3) is 0.118. The van der Waals surface area contributed by atoms with Gasteiger partial charge in [-0.3, -0.25) is 4.79 Å². The predicted octanol–water partition coefficient (Wildman–Crippen LogP) is 5.62. The minimum Gasteiger partial charge on any atom is -0.289 e. The maximum atomic E-state index is 12.4. The highest BCUT2D eigenvalue weighted by molar-refractivity contribution is 6.06. The van der Waals surface area contributed by atoms with Crippen molar-refractivity contribution >= 4 is 11.9 Å². The van der Waals surface area contributed by atoms with Crippen molar-refractivity contribution in [2.24, 2.45) is 0 Å². The summed E-state index contributed by atoms with van der Waals surface area (Å²) in [6.45, 7) is 0. The van der Waals surface area contributed by atoms with Crippen molar-refractivity contribution in [3.8, 4) is 0 Å². The summed E-state index contributed by atoms with van der Waals surface area (Å²) < 4.78 is 74.5. The smallest absolute Gasteiger partial charge is 0.289 e. The van der Waals surface area contributed by atoms with Gasteiger partial charge in [0.15, 0.2) is 5.78 Å². The first-order valence-electron chi connectivity index (χ1n) is 6.64. The summed E-state index contributed by atoms with van der Waals surface area (Å²) in [6.07, 6.45) is -6.55. The molecule has 0 aliphatic heterocycles. The number of benzene rings is 2. The Morgan fingerprint density at radius 3 is 1.54 bits per heavy atom. The summed E-state index contributed by atoms with van der Waals surface area (Å²) in [4.78, 5) is 11.9. The van der Waals surface area contributed by atoms with E-state index in [1.807, 2.05) is 0 Å². The molecular formula is C17H10F6O. The highest BCUT2D eigenvalue weighted by atomic mass is 19.4. The SMILES string of the molecule is O=C(C=Cc1ccc(C(F)(F)F)cc1)c1ccc(C(F)(F)F)cc1. The van der Waals surface area contributed by atoms with Gasteiger partial charge < -0.3 is 0 Å². The number of allylic oxidation sites excluding steroid dienone is 1. The van der Waals surface area contributed by atoms with Gasteiger partial charge in [-0.1, -0.05) is 30.3 Å². The third kappa shape index (κ3) is 4.47. The third-order valence-electron chi connectivity index (χ3n) is 3.16. The molecule has 0 atom stereocenters. The monoisotopic (exact) mass is 344 g/mol. The van der Waals surface area contributed by atoms with Gasteiger partial charge in [0.2, 0.25) is 0 Å². The zero-order chi connectivity index (χ0) is 18.0. The van der Waals surface area contributed by atoms with E-state index in [0.29, 0.717) is 5.56 Å². The number of carbonyl (C=O) groups is 1. The third-order valence-corrected chi connectivity index (χ3v) is 3.16. The van der Waals surface area contributed by atoms with E-state index in [4.69, 9.17) is 0 Å². The minimum absolute atomic E-state index is 0.0474. The predicted molar refractivity (Wildman–Crippen MR) is 76.3 cm³/mol. The second-order valence-electron chi connectivity index (χ2n) is 4.89. The zero-order valence-corrected chi connectivity index (χ0v) is 11.9. The molecule has 2 aromatic rings. The highest BCUT2D eigenvalue weighted by Gasteiger charge is 2.30. The Bertz CT molecular complexity index is 737. The van der Waals surface area contributed by atoms with Gasteiger partial charge in [0, 0.05) is 5.56 Å². The van der Waals surface area contributed by atoms with E-state index in [0.717, 1.165) is 42.5 Å². The molecular weight excluding hydrogens is 334 g/mol. The van der Waals surface area contributed by atoms with Crippen LogP contribution in [-0.2, 0) is 12.4 Å². The number of hydrogen-bond acceptors (Lipinski definition) is 1. The van der Waals surface area contributed by atoms with E-state index in [-0.39, 0.29) is 5.56 Å². The second kappa shape index (κ2) is 6.51. The summed E-state index contributed by atoms with van der Waals surface area (Å²) in [5.41, 5.74) is -1.27. The van der Waals surface area contributed by atoms with Crippen LogP contribution in [0.1, 0.15) is 27.0 Å². The van der Waals surface area contributed by atoms with Gasteiger partial charge in [-0.15, -0.1) is 0 Å². The van der Waals surface area contributed by atoms with Gasteiger partial charge in [0.05, 0.1) is 11.1 Å². The van der Waals surface area contributed by atoms with Crippen molar-refractivity contribution in [1.82, 2.24) is 0 Å². The van der Waals surface area contributed by atoms with Crippen molar-refractivity contribution in [1.29, 1.82) is 0 Å². The average Bonchev–Trinajstić information content (AvgIpc) is 2.51. The van der Waals surface area contributed by atoms with Gasteiger partial charge in [0.1, 0.15) is 0 Å². The lowest BCUT2D eigenvalue weighted by molar-refractivity contribution is -0.138. The van der Waals surface area contributed by atoms with Gasteiger partial charge >= 0.3 is 12.4 Å². The van der Waals surface area contributed by atoms with E-state index in [2.05, 4.69) is 0 Å². The summed E-state index contributed by atoms with van der Waals surface area (Å²) in [5.74, 6) is -0.552. The fourth-order valence-electron chi connectivity index (χ4n) is 1.87. The Morgan fingerprint density at radius 2 is 1.12 bits per heavy atom. The topological polar surface area (TPSA) is 17.1 Å². The molecule has 0 spiro atoms. The summed E-state index contributed by atoms with van der Waals surface area (Å²) in [5, 5.41) is 0. The van der Waals surface area contributed by atoms with Gasteiger partial charge in [0.25, 0.3) is 0 Å². The lowest BCUT2D eigenvalue weighted by Gasteiger charge is -2.06. The van der Waals surface area contributed by atoms with Gasteiger partial charge in [-0.2, -0.15) is 26.3 Å². The first kappa shape index (κ1) is 17.8. The molecule has 0 saturated heterocycles. The summed E-state index contributed by atoms with van der Waals surface area (Å²) >= 11 is 0.